The van der Waals surface area contributed by atoms with E-state index in [0.29, 0.717) is 29.5 Å². The minimum atomic E-state index is -4.74. The quantitative estimate of drug-likeness (QED) is 0.231. The number of amides is 2. The molecule has 4 N–H and O–H groups in total. The van der Waals surface area contributed by atoms with Gasteiger partial charge in [-0.05, 0) is 42.0 Å². The van der Waals surface area contributed by atoms with Gasteiger partial charge < -0.3 is 21.3 Å². The smallest absolute Gasteiger partial charge is 0.351 e. The first-order valence-corrected chi connectivity index (χ1v) is 13.7. The molecule has 4 heterocycles. The van der Waals surface area contributed by atoms with E-state index in [9.17, 15) is 22.8 Å². The second kappa shape index (κ2) is 11.0. The van der Waals surface area contributed by atoms with E-state index >= 15 is 0 Å². The molecule has 1 aliphatic heterocycles. The van der Waals surface area contributed by atoms with Crippen molar-refractivity contribution in [2.24, 2.45) is 11.8 Å². The summed E-state index contributed by atoms with van der Waals surface area (Å²) in [5, 5.41) is 24.6. The molecule has 0 bridgehead atoms. The van der Waals surface area contributed by atoms with Gasteiger partial charge in [0.15, 0.2) is 17.2 Å². The molecule has 2 atom stereocenters. The number of aromatic nitrogens is 5. The van der Waals surface area contributed by atoms with Crippen LogP contribution in [0.2, 0.25) is 0 Å². The molecule has 3 aromatic heterocycles. The highest BCUT2D eigenvalue weighted by Gasteiger charge is 2.53. The molecule has 1 saturated heterocycles. The highest BCUT2D eigenvalue weighted by Crippen LogP contribution is 2.41. The summed E-state index contributed by atoms with van der Waals surface area (Å²) < 4.78 is 43.6. The number of nitrogens with one attached hydrogen (secondary N) is 4. The zero-order valence-corrected chi connectivity index (χ0v) is 22.9. The predicted octanol–water partition coefficient (Wildman–Crippen LogP) is 2.50. The van der Waals surface area contributed by atoms with Crippen LogP contribution in [0.25, 0.3) is 16.9 Å². The number of benzene rings is 1. The molecule has 0 spiro atoms. The molecule has 15 heteroatoms. The Morgan fingerprint density at radius 2 is 2.00 bits per heavy atom. The number of nitrogens with zero attached hydrogens (tertiary/aromatic N) is 6. The maximum Gasteiger partial charge on any atom is 0.435 e. The fourth-order valence-corrected chi connectivity index (χ4v) is 5.63. The number of nitriles is 1. The zero-order chi connectivity index (χ0) is 30.3. The van der Waals surface area contributed by atoms with Gasteiger partial charge in [0, 0.05) is 49.0 Å². The lowest BCUT2D eigenvalue weighted by Crippen LogP contribution is -2.40. The molecule has 2 unspecified atom stereocenters. The molecular formula is C28H27F3N10O2. The number of piperidine rings is 1. The Morgan fingerprint density at radius 1 is 1.21 bits per heavy atom. The summed E-state index contributed by atoms with van der Waals surface area (Å²) in [5.41, 5.74) is 0.786. The summed E-state index contributed by atoms with van der Waals surface area (Å²) in [6.45, 7) is 3.25. The van der Waals surface area contributed by atoms with E-state index in [-0.39, 0.29) is 53.7 Å². The molecule has 0 radical (unpaired) electrons. The van der Waals surface area contributed by atoms with Crippen molar-refractivity contribution in [2.75, 3.05) is 25.0 Å². The van der Waals surface area contributed by atoms with E-state index in [1.54, 1.807) is 24.3 Å². The van der Waals surface area contributed by atoms with Crippen molar-refractivity contribution >= 4 is 29.0 Å². The third kappa shape index (κ3) is 5.48. The van der Waals surface area contributed by atoms with Crippen LogP contribution in [-0.2, 0) is 23.9 Å². The summed E-state index contributed by atoms with van der Waals surface area (Å²) in [6.07, 6.45) is 1.15. The van der Waals surface area contributed by atoms with Gasteiger partial charge in [0.05, 0.1) is 30.1 Å². The van der Waals surface area contributed by atoms with Gasteiger partial charge in [-0.15, -0.1) is 0 Å². The van der Waals surface area contributed by atoms with Gasteiger partial charge in [0.2, 0.25) is 5.91 Å². The van der Waals surface area contributed by atoms with Crippen LogP contribution in [0.4, 0.5) is 24.7 Å². The third-order valence-electron chi connectivity index (χ3n) is 7.79. The van der Waals surface area contributed by atoms with Crippen molar-refractivity contribution in [3.63, 3.8) is 0 Å². The standard InChI is InChI=1S/C28H27F3N10O2/c1-2-15-9-16(3-4-17(15)27(43)36-13-22(42)38-23-18-10-33-11-19(18)23)37-25-26-35-12-21(41(26)8-6-34-25)20-14-40(7-5-32)39-24(20)28(29,30)31/h3-4,6,8-9,12,14,18-19,23,33H,2,7,10-11,13H2,1H3,(H,34,37)(H,36,43)(H,38,42). The lowest BCUT2D eigenvalue weighted by Gasteiger charge is -2.13. The molecule has 6 rings (SSSR count). The van der Waals surface area contributed by atoms with E-state index in [0.717, 1.165) is 23.3 Å². The molecule has 1 aliphatic carbocycles. The van der Waals surface area contributed by atoms with Crippen LogP contribution in [0.1, 0.15) is 28.5 Å². The lowest BCUT2D eigenvalue weighted by atomic mass is 10.0. The maximum absolute atomic E-state index is 13.7. The lowest BCUT2D eigenvalue weighted by molar-refractivity contribution is -0.141. The van der Waals surface area contributed by atoms with E-state index in [2.05, 4.69) is 36.3 Å². The molecule has 2 amide bonds. The molecule has 1 aromatic carbocycles. The van der Waals surface area contributed by atoms with Crippen LogP contribution in [-0.4, -0.2) is 61.6 Å². The van der Waals surface area contributed by atoms with Crippen LogP contribution in [0.15, 0.2) is 43.0 Å². The Hall–Kier alpha value is -4.97. The SMILES string of the molecule is CCc1cc(Nc2nccn3c(-c4cn(CC#N)nc4C(F)(F)F)cnc23)ccc1C(=O)NCC(=O)NC1C2CNCC21. The molecule has 222 valence electrons. The number of halogens is 3. The van der Waals surface area contributed by atoms with Crippen molar-refractivity contribution in [2.45, 2.75) is 32.1 Å². The van der Waals surface area contributed by atoms with Crippen LogP contribution in [0.5, 0.6) is 0 Å². The van der Waals surface area contributed by atoms with Crippen LogP contribution in [0, 0.1) is 23.2 Å². The van der Waals surface area contributed by atoms with Gasteiger partial charge in [-0.1, -0.05) is 6.92 Å². The number of rotatable bonds is 9. The van der Waals surface area contributed by atoms with Crippen LogP contribution >= 0.6 is 0 Å². The molecule has 2 aliphatic rings. The minimum Gasteiger partial charge on any atom is -0.351 e. The van der Waals surface area contributed by atoms with Gasteiger partial charge in [0.25, 0.3) is 5.91 Å². The number of hydrogen-bond donors (Lipinski definition) is 4. The molecular weight excluding hydrogens is 565 g/mol. The van der Waals surface area contributed by atoms with Crippen LogP contribution < -0.4 is 21.3 Å². The number of alkyl halides is 3. The van der Waals surface area contributed by atoms with E-state index in [1.165, 1.54) is 29.2 Å². The zero-order valence-electron chi connectivity index (χ0n) is 22.9. The Bertz CT molecular complexity index is 1750. The van der Waals surface area contributed by atoms with Crippen molar-refractivity contribution in [1.29, 1.82) is 5.26 Å². The molecule has 4 aromatic rings. The summed E-state index contributed by atoms with van der Waals surface area (Å²) in [4.78, 5) is 33.8. The Kier molecular flexibility index (Phi) is 7.22. The van der Waals surface area contributed by atoms with Gasteiger partial charge in [-0.25, -0.2) is 9.97 Å². The first kappa shape index (κ1) is 28.2. The summed E-state index contributed by atoms with van der Waals surface area (Å²) in [5.74, 6) is 0.647. The molecule has 12 nitrogen and oxygen atoms in total. The minimum absolute atomic E-state index is 0.120. The Morgan fingerprint density at radius 3 is 2.72 bits per heavy atom. The van der Waals surface area contributed by atoms with Gasteiger partial charge in [-0.3, -0.25) is 18.7 Å². The Balaban J connectivity index is 1.18. The normalized spacial score (nSPS) is 19.1. The first-order valence-electron chi connectivity index (χ1n) is 13.7. The van der Waals surface area contributed by atoms with Crippen molar-refractivity contribution < 1.29 is 22.8 Å². The summed E-state index contributed by atoms with van der Waals surface area (Å²) in [7, 11) is 0. The molecule has 2 fully saturated rings. The van der Waals surface area contributed by atoms with Crippen molar-refractivity contribution in [3.8, 4) is 17.3 Å². The number of imidazole rings is 1. The van der Waals surface area contributed by atoms with Gasteiger partial charge in [0.1, 0.15) is 6.54 Å². The fourth-order valence-electron chi connectivity index (χ4n) is 5.63. The number of hydrogen-bond acceptors (Lipinski definition) is 8. The Labute approximate surface area is 243 Å². The molecule has 1 saturated carbocycles. The second-order valence-electron chi connectivity index (χ2n) is 10.5. The average molecular weight is 593 g/mol. The van der Waals surface area contributed by atoms with Crippen molar-refractivity contribution in [1.82, 2.24) is 40.1 Å². The monoisotopic (exact) mass is 592 g/mol. The highest BCUT2D eigenvalue weighted by molar-refractivity contribution is 5.98. The van der Waals surface area contributed by atoms with Gasteiger partial charge in [-0.2, -0.15) is 23.5 Å². The summed E-state index contributed by atoms with van der Waals surface area (Å²) >= 11 is 0. The van der Waals surface area contributed by atoms with E-state index < -0.39 is 11.9 Å². The average Bonchev–Trinajstić information content (AvgIpc) is 3.45. The predicted molar refractivity (Wildman–Crippen MR) is 148 cm³/mol. The number of fused-ring (bicyclic) bond motifs is 2. The molecule has 43 heavy (non-hydrogen) atoms. The summed E-state index contributed by atoms with van der Waals surface area (Å²) in [6, 6.07) is 7.06. The second-order valence-corrected chi connectivity index (χ2v) is 10.5. The fraction of sp³-hybridized carbons (Fsp3) is 0.357. The van der Waals surface area contributed by atoms with Crippen LogP contribution in [0.3, 0.4) is 0 Å². The van der Waals surface area contributed by atoms with E-state index in [4.69, 9.17) is 5.26 Å². The third-order valence-corrected chi connectivity index (χ3v) is 7.79. The number of carbonyl (C=O) groups excluding carboxylic acids is 2. The number of anilines is 2. The van der Waals surface area contributed by atoms with Gasteiger partial charge >= 0.3 is 6.18 Å². The van der Waals surface area contributed by atoms with Crippen molar-refractivity contribution in [3.05, 3.63) is 59.8 Å². The number of carbonyl (C=O) groups is 2. The largest absolute Gasteiger partial charge is 0.435 e. The van der Waals surface area contributed by atoms with E-state index in [1.807, 2.05) is 6.92 Å². The number of aryl methyl sites for hydroxylation is 1. The topological polar surface area (TPSA) is 154 Å². The first-order chi connectivity index (χ1) is 20.7. The highest BCUT2D eigenvalue weighted by atomic mass is 19.4. The maximum atomic E-state index is 13.7.